The van der Waals surface area contributed by atoms with Crippen molar-refractivity contribution in [1.82, 2.24) is 4.40 Å². The number of hydrogen-bond acceptors (Lipinski definition) is 5. The number of rotatable bonds is 10. The molecule has 168 valence electrons. The van der Waals surface area contributed by atoms with Crippen LogP contribution in [0.1, 0.15) is 73.5 Å². The fraction of sp³-hybridized carbons (Fsp3) is 0.522. The first-order valence-corrected chi connectivity index (χ1v) is 10.9. The molecule has 8 heteroatoms. The Morgan fingerprint density at radius 3 is 2.52 bits per heavy atom. The Balaban J connectivity index is 2.06. The number of pyridine rings is 1. The zero-order valence-corrected chi connectivity index (χ0v) is 17.9. The number of carboxylic acids is 1. The lowest BCUT2D eigenvalue weighted by molar-refractivity contribution is -0.137. The van der Waals surface area contributed by atoms with Crippen LogP contribution in [0.2, 0.25) is 0 Å². The number of aromatic hydroxyl groups is 1. The van der Waals surface area contributed by atoms with Crippen LogP contribution in [0.15, 0.2) is 12.1 Å². The Hall–Kier alpha value is -3.03. The van der Waals surface area contributed by atoms with Gasteiger partial charge in [0.05, 0.1) is 17.7 Å². The highest BCUT2D eigenvalue weighted by Crippen LogP contribution is 2.36. The van der Waals surface area contributed by atoms with Crippen molar-refractivity contribution in [2.24, 2.45) is 11.7 Å². The summed E-state index contributed by atoms with van der Waals surface area (Å²) >= 11 is 0. The number of hydrogen-bond donors (Lipinski definition) is 3. The van der Waals surface area contributed by atoms with E-state index in [0.717, 1.165) is 24.1 Å². The summed E-state index contributed by atoms with van der Waals surface area (Å²) in [4.78, 5) is 35.2. The Morgan fingerprint density at radius 1 is 1.19 bits per heavy atom. The van der Waals surface area contributed by atoms with Crippen LogP contribution in [-0.2, 0) is 22.4 Å². The van der Waals surface area contributed by atoms with Crippen LogP contribution in [0.5, 0.6) is 11.6 Å². The summed E-state index contributed by atoms with van der Waals surface area (Å²) in [6.07, 6.45) is 7.27. The van der Waals surface area contributed by atoms with Gasteiger partial charge < -0.3 is 20.7 Å². The molecule has 0 aromatic carbocycles. The van der Waals surface area contributed by atoms with E-state index in [1.165, 1.54) is 25.3 Å². The van der Waals surface area contributed by atoms with E-state index in [1.807, 2.05) is 6.92 Å². The first-order chi connectivity index (χ1) is 14.8. The van der Waals surface area contributed by atoms with Crippen molar-refractivity contribution in [3.05, 3.63) is 29.0 Å². The molecule has 1 saturated carbocycles. The smallest absolute Gasteiger partial charge is 0.303 e. The number of carbonyl (C=O) groups is 3. The zero-order valence-electron chi connectivity index (χ0n) is 17.9. The van der Waals surface area contributed by atoms with Gasteiger partial charge in [0.1, 0.15) is 5.75 Å². The maximum absolute atomic E-state index is 12.7. The van der Waals surface area contributed by atoms with Crippen molar-refractivity contribution >= 4 is 23.2 Å². The van der Waals surface area contributed by atoms with Gasteiger partial charge >= 0.3 is 5.97 Å². The minimum absolute atomic E-state index is 0.0315. The third kappa shape index (κ3) is 5.00. The predicted molar refractivity (Wildman–Crippen MR) is 115 cm³/mol. The first kappa shape index (κ1) is 22.7. The van der Waals surface area contributed by atoms with Crippen molar-refractivity contribution in [3.63, 3.8) is 0 Å². The van der Waals surface area contributed by atoms with Crippen LogP contribution < -0.4 is 10.5 Å². The minimum Gasteiger partial charge on any atom is -0.494 e. The molecule has 1 fully saturated rings. The standard InChI is InChI=1S/C23H30N2O6/c1-2-16-17(11-14-7-4-3-5-8-14)25-18(21(16)22(29)23(24)30)12-15(13-19(25)26)31-10-6-9-20(27)28/h12-14,26H,2-11H2,1H3,(H2,24,30)(H,27,28). The lowest BCUT2D eigenvalue weighted by atomic mass is 9.85. The van der Waals surface area contributed by atoms with Crippen molar-refractivity contribution in [2.45, 2.75) is 64.7 Å². The number of aliphatic carboxylic acids is 1. The molecule has 31 heavy (non-hydrogen) atoms. The first-order valence-electron chi connectivity index (χ1n) is 10.9. The van der Waals surface area contributed by atoms with Crippen molar-refractivity contribution in [3.8, 4) is 11.6 Å². The Morgan fingerprint density at radius 2 is 1.90 bits per heavy atom. The Bertz CT molecular complexity index is 988. The highest BCUT2D eigenvalue weighted by atomic mass is 16.5. The van der Waals surface area contributed by atoms with Crippen LogP contribution in [0.4, 0.5) is 0 Å². The van der Waals surface area contributed by atoms with Crippen LogP contribution in [0.3, 0.4) is 0 Å². The maximum atomic E-state index is 12.7. The number of nitrogens with zero attached hydrogens (tertiary/aromatic N) is 1. The SMILES string of the molecule is CCc1c(C(=O)C(N)=O)c2cc(OCCCC(=O)O)cc(O)n2c1CC1CCCCC1. The number of ether oxygens (including phenoxy) is 1. The van der Waals surface area contributed by atoms with Gasteiger partial charge in [0, 0.05) is 24.2 Å². The normalized spacial score (nSPS) is 14.6. The lowest BCUT2D eigenvalue weighted by Gasteiger charge is -2.22. The molecular formula is C23H30N2O6. The highest BCUT2D eigenvalue weighted by Gasteiger charge is 2.28. The molecule has 2 aromatic rings. The number of primary amides is 1. The van der Waals surface area contributed by atoms with Gasteiger partial charge in [0.15, 0.2) is 5.88 Å². The van der Waals surface area contributed by atoms with Gasteiger partial charge in [-0.1, -0.05) is 39.0 Å². The van der Waals surface area contributed by atoms with Crippen molar-refractivity contribution in [2.75, 3.05) is 6.61 Å². The summed E-state index contributed by atoms with van der Waals surface area (Å²) in [7, 11) is 0. The molecule has 0 unspecified atom stereocenters. The van der Waals surface area contributed by atoms with E-state index < -0.39 is 17.7 Å². The van der Waals surface area contributed by atoms with E-state index >= 15 is 0 Å². The van der Waals surface area contributed by atoms with E-state index in [2.05, 4.69) is 0 Å². The number of Topliss-reactive ketones (excluding diaryl/α,β-unsaturated/α-hetero) is 1. The molecule has 2 aromatic heterocycles. The highest BCUT2D eigenvalue weighted by molar-refractivity contribution is 6.44. The molecule has 0 radical (unpaired) electrons. The molecule has 1 amide bonds. The summed E-state index contributed by atoms with van der Waals surface area (Å²) in [6, 6.07) is 3.07. The molecule has 0 aliphatic heterocycles. The van der Waals surface area contributed by atoms with Crippen LogP contribution >= 0.6 is 0 Å². The van der Waals surface area contributed by atoms with E-state index in [-0.39, 0.29) is 24.5 Å². The maximum Gasteiger partial charge on any atom is 0.303 e. The van der Waals surface area contributed by atoms with Crippen LogP contribution in [-0.4, -0.2) is 38.9 Å². The van der Waals surface area contributed by atoms with Gasteiger partial charge in [-0.25, -0.2) is 0 Å². The third-order valence-corrected chi connectivity index (χ3v) is 6.01. The summed E-state index contributed by atoms with van der Waals surface area (Å²) in [5.41, 5.74) is 7.50. The molecule has 0 atom stereocenters. The topological polar surface area (TPSA) is 131 Å². The fourth-order valence-electron chi connectivity index (χ4n) is 4.59. The average molecular weight is 431 g/mol. The predicted octanol–water partition coefficient (Wildman–Crippen LogP) is 3.24. The second-order valence-electron chi connectivity index (χ2n) is 8.17. The van der Waals surface area contributed by atoms with Gasteiger partial charge in [-0.15, -0.1) is 0 Å². The summed E-state index contributed by atoms with van der Waals surface area (Å²) in [5, 5.41) is 19.6. The second kappa shape index (κ2) is 9.85. The average Bonchev–Trinajstić information content (AvgIpc) is 3.04. The largest absolute Gasteiger partial charge is 0.494 e. The lowest BCUT2D eigenvalue weighted by Crippen LogP contribution is -2.24. The molecule has 2 heterocycles. The van der Waals surface area contributed by atoms with E-state index in [4.69, 9.17) is 15.6 Å². The van der Waals surface area contributed by atoms with Gasteiger partial charge in [-0.3, -0.25) is 18.8 Å². The van der Waals surface area contributed by atoms with Gasteiger partial charge in [-0.05, 0) is 30.7 Å². The van der Waals surface area contributed by atoms with Gasteiger partial charge in [-0.2, -0.15) is 0 Å². The second-order valence-corrected chi connectivity index (χ2v) is 8.17. The minimum atomic E-state index is -1.04. The number of ketones is 1. The molecule has 0 saturated heterocycles. The molecule has 8 nitrogen and oxygen atoms in total. The van der Waals surface area contributed by atoms with Crippen molar-refractivity contribution < 1.29 is 29.3 Å². The van der Waals surface area contributed by atoms with Crippen LogP contribution in [0.25, 0.3) is 5.52 Å². The number of carboxylic acid groups (broad SMARTS) is 1. The van der Waals surface area contributed by atoms with Gasteiger partial charge in [0.25, 0.3) is 11.7 Å². The fourth-order valence-corrected chi connectivity index (χ4v) is 4.59. The number of fused-ring (bicyclic) bond motifs is 1. The summed E-state index contributed by atoms with van der Waals surface area (Å²) < 4.78 is 7.24. The van der Waals surface area contributed by atoms with Gasteiger partial charge in [0.2, 0.25) is 0 Å². The molecule has 0 spiro atoms. The molecule has 0 bridgehead atoms. The Labute approximate surface area is 181 Å². The van der Waals surface area contributed by atoms with E-state index in [9.17, 15) is 19.5 Å². The number of amides is 1. The Kier molecular flexibility index (Phi) is 7.20. The summed E-state index contributed by atoms with van der Waals surface area (Å²) in [5.74, 6) is -2.07. The van der Waals surface area contributed by atoms with Crippen molar-refractivity contribution in [1.29, 1.82) is 0 Å². The quantitative estimate of drug-likeness (QED) is 0.301. The molecule has 4 N–H and O–H groups in total. The summed E-state index contributed by atoms with van der Waals surface area (Å²) in [6.45, 7) is 2.06. The van der Waals surface area contributed by atoms with E-state index in [1.54, 1.807) is 10.5 Å². The zero-order chi connectivity index (χ0) is 22.5. The number of carbonyl (C=O) groups excluding carboxylic acids is 2. The van der Waals surface area contributed by atoms with Crippen LogP contribution in [0, 0.1) is 5.92 Å². The monoisotopic (exact) mass is 430 g/mol. The van der Waals surface area contributed by atoms with E-state index in [0.29, 0.717) is 36.4 Å². The molecular weight excluding hydrogens is 400 g/mol. The molecule has 1 aliphatic rings. The molecule has 3 rings (SSSR count). The third-order valence-electron chi connectivity index (χ3n) is 6.01. The number of nitrogens with two attached hydrogens (primary N) is 1. The molecule has 1 aliphatic carbocycles. The number of aromatic nitrogens is 1.